The number of fused-ring (bicyclic) bond motifs is 1. The van der Waals surface area contributed by atoms with E-state index in [1.54, 1.807) is 6.20 Å². The average molecular weight is 215 g/mol. The van der Waals surface area contributed by atoms with Crippen LogP contribution in [0.3, 0.4) is 0 Å². The Morgan fingerprint density at radius 3 is 3.36 bits per heavy atom. The van der Waals surface area contributed by atoms with E-state index in [1.807, 2.05) is 0 Å². The maximum atomic E-state index is 5.73. The average Bonchev–Trinajstić information content (AvgIpc) is 2.33. The number of nitrogens with two attached hydrogens (primary N) is 1. The summed E-state index contributed by atoms with van der Waals surface area (Å²) >= 11 is 3.24. The molecule has 0 fully saturated rings. The lowest BCUT2D eigenvalue weighted by Gasteiger charge is -1.99. The summed E-state index contributed by atoms with van der Waals surface area (Å²) in [5, 5.41) is 3.06. The van der Waals surface area contributed by atoms with Gasteiger partial charge in [-0.25, -0.2) is 9.97 Å². The van der Waals surface area contributed by atoms with Gasteiger partial charge in [0.25, 0.3) is 0 Å². The van der Waals surface area contributed by atoms with E-state index in [9.17, 15) is 0 Å². The van der Waals surface area contributed by atoms with Gasteiger partial charge in [-0.05, 0) is 15.9 Å². The fraction of sp³-hybridized carbons (Fsp3) is 0.333. The minimum absolute atomic E-state index is 0.0185. The molecule has 1 aliphatic rings. The van der Waals surface area contributed by atoms with Crippen LogP contribution in [-0.4, -0.2) is 16.5 Å². The van der Waals surface area contributed by atoms with Crippen molar-refractivity contribution in [2.75, 3.05) is 11.9 Å². The number of hydrogen-bond acceptors (Lipinski definition) is 4. The highest BCUT2D eigenvalue weighted by atomic mass is 79.9. The number of aromatic nitrogens is 2. The lowest BCUT2D eigenvalue weighted by atomic mass is 10.3. The smallest absolute Gasteiger partial charge is 0.149 e. The topological polar surface area (TPSA) is 63.8 Å². The fourth-order valence-electron chi connectivity index (χ4n) is 1.08. The molecule has 0 saturated carbocycles. The second kappa shape index (κ2) is 2.42. The fourth-order valence-corrected chi connectivity index (χ4v) is 1.37. The summed E-state index contributed by atoms with van der Waals surface area (Å²) in [7, 11) is 0. The van der Waals surface area contributed by atoms with Gasteiger partial charge in [-0.1, -0.05) is 0 Å². The Hall–Kier alpha value is -0.680. The Morgan fingerprint density at radius 1 is 1.73 bits per heavy atom. The maximum Gasteiger partial charge on any atom is 0.149 e. The summed E-state index contributed by atoms with van der Waals surface area (Å²) in [6.07, 6.45) is 1.66. The Morgan fingerprint density at radius 2 is 2.55 bits per heavy atom. The second-order valence-electron chi connectivity index (χ2n) is 2.41. The normalized spacial score (nSPS) is 21.1. The van der Waals surface area contributed by atoms with Crippen molar-refractivity contribution in [3.05, 3.63) is 16.5 Å². The first-order chi connectivity index (χ1) is 5.27. The Balaban J connectivity index is 2.52. The van der Waals surface area contributed by atoms with Crippen LogP contribution in [0.5, 0.6) is 0 Å². The molecular weight excluding hydrogens is 208 g/mol. The standard InChI is InChI=1S/C6H7BrN4/c7-4-2-10-6-5(11-4)3(8)1-9-6/h2-3H,1,8H2,(H,9,10). The first-order valence-corrected chi connectivity index (χ1v) is 4.08. The summed E-state index contributed by atoms with van der Waals surface area (Å²) in [6, 6.07) is -0.0185. The van der Waals surface area contributed by atoms with Crippen LogP contribution < -0.4 is 11.1 Å². The summed E-state index contributed by atoms with van der Waals surface area (Å²) in [6.45, 7) is 0.728. The predicted octanol–water partition coefficient (Wildman–Crippen LogP) is 0.664. The third-order valence-electron chi connectivity index (χ3n) is 1.61. The van der Waals surface area contributed by atoms with E-state index in [0.29, 0.717) is 0 Å². The van der Waals surface area contributed by atoms with Crippen LogP contribution in [0, 0.1) is 0 Å². The highest BCUT2D eigenvalue weighted by molar-refractivity contribution is 9.10. The van der Waals surface area contributed by atoms with E-state index in [4.69, 9.17) is 5.73 Å². The number of hydrogen-bond donors (Lipinski definition) is 2. The molecule has 0 aromatic carbocycles. The minimum atomic E-state index is -0.0185. The molecule has 2 rings (SSSR count). The molecule has 1 aromatic rings. The summed E-state index contributed by atoms with van der Waals surface area (Å²) in [4.78, 5) is 8.31. The van der Waals surface area contributed by atoms with Gasteiger partial charge in [0.05, 0.1) is 12.2 Å². The molecular formula is C6H7BrN4. The number of nitrogens with zero attached hydrogens (tertiary/aromatic N) is 2. The molecule has 3 N–H and O–H groups in total. The molecule has 0 spiro atoms. The first kappa shape index (κ1) is 7.00. The Labute approximate surface area is 72.4 Å². The van der Waals surface area contributed by atoms with E-state index < -0.39 is 0 Å². The molecule has 11 heavy (non-hydrogen) atoms. The van der Waals surface area contributed by atoms with E-state index >= 15 is 0 Å². The van der Waals surface area contributed by atoms with Crippen molar-refractivity contribution in [1.29, 1.82) is 0 Å². The van der Waals surface area contributed by atoms with Crippen molar-refractivity contribution in [2.24, 2.45) is 5.73 Å². The van der Waals surface area contributed by atoms with Crippen LogP contribution in [0.1, 0.15) is 11.7 Å². The molecule has 1 aromatic heterocycles. The molecule has 58 valence electrons. The van der Waals surface area contributed by atoms with Crippen LogP contribution in [0.15, 0.2) is 10.8 Å². The highest BCUT2D eigenvalue weighted by Crippen LogP contribution is 2.24. The molecule has 0 saturated heterocycles. The van der Waals surface area contributed by atoms with E-state index in [-0.39, 0.29) is 6.04 Å². The Kier molecular flexibility index (Phi) is 1.54. The van der Waals surface area contributed by atoms with Crippen LogP contribution >= 0.6 is 15.9 Å². The van der Waals surface area contributed by atoms with Gasteiger partial charge >= 0.3 is 0 Å². The third kappa shape index (κ3) is 1.10. The van der Waals surface area contributed by atoms with Crippen LogP contribution in [0.2, 0.25) is 0 Å². The number of rotatable bonds is 0. The lowest BCUT2D eigenvalue weighted by molar-refractivity contribution is 0.776. The zero-order valence-corrected chi connectivity index (χ0v) is 7.30. The number of halogens is 1. The molecule has 1 aliphatic heterocycles. The molecule has 0 aliphatic carbocycles. The van der Waals surface area contributed by atoms with Gasteiger partial charge in [0.15, 0.2) is 0 Å². The maximum absolute atomic E-state index is 5.73. The van der Waals surface area contributed by atoms with E-state index in [2.05, 4.69) is 31.2 Å². The monoisotopic (exact) mass is 214 g/mol. The SMILES string of the molecule is NC1CNc2ncc(Br)nc21. The van der Waals surface area contributed by atoms with Crippen LogP contribution in [0.4, 0.5) is 5.82 Å². The van der Waals surface area contributed by atoms with Crippen molar-refractivity contribution in [3.8, 4) is 0 Å². The van der Waals surface area contributed by atoms with E-state index in [1.165, 1.54) is 0 Å². The molecule has 0 radical (unpaired) electrons. The van der Waals surface area contributed by atoms with Gasteiger partial charge < -0.3 is 11.1 Å². The van der Waals surface area contributed by atoms with Crippen molar-refractivity contribution in [3.63, 3.8) is 0 Å². The van der Waals surface area contributed by atoms with Crippen LogP contribution in [-0.2, 0) is 0 Å². The van der Waals surface area contributed by atoms with Crippen LogP contribution in [0.25, 0.3) is 0 Å². The van der Waals surface area contributed by atoms with E-state index in [0.717, 1.165) is 22.7 Å². The molecule has 1 atom stereocenters. The van der Waals surface area contributed by atoms with Crippen molar-refractivity contribution >= 4 is 21.7 Å². The van der Waals surface area contributed by atoms with Gasteiger partial charge in [0, 0.05) is 6.54 Å². The van der Waals surface area contributed by atoms with Gasteiger partial charge in [-0.3, -0.25) is 0 Å². The molecule has 2 heterocycles. The largest absolute Gasteiger partial charge is 0.367 e. The second-order valence-corrected chi connectivity index (χ2v) is 3.23. The number of nitrogens with one attached hydrogen (secondary N) is 1. The van der Waals surface area contributed by atoms with Crippen molar-refractivity contribution in [2.45, 2.75) is 6.04 Å². The summed E-state index contributed by atoms with van der Waals surface area (Å²) < 4.78 is 0.732. The minimum Gasteiger partial charge on any atom is -0.367 e. The summed E-state index contributed by atoms with van der Waals surface area (Å²) in [5.74, 6) is 0.806. The summed E-state index contributed by atoms with van der Waals surface area (Å²) in [5.41, 5.74) is 6.58. The molecule has 0 amide bonds. The first-order valence-electron chi connectivity index (χ1n) is 3.29. The molecule has 0 bridgehead atoms. The highest BCUT2D eigenvalue weighted by Gasteiger charge is 2.20. The zero-order chi connectivity index (χ0) is 7.84. The van der Waals surface area contributed by atoms with Gasteiger partial charge in [-0.2, -0.15) is 0 Å². The predicted molar refractivity (Wildman–Crippen MR) is 45.2 cm³/mol. The molecule has 5 heteroatoms. The molecule has 1 unspecified atom stereocenters. The van der Waals surface area contributed by atoms with Gasteiger partial charge in [0.2, 0.25) is 0 Å². The quantitative estimate of drug-likeness (QED) is 0.667. The lowest BCUT2D eigenvalue weighted by Crippen LogP contribution is -2.12. The van der Waals surface area contributed by atoms with Crippen molar-refractivity contribution in [1.82, 2.24) is 9.97 Å². The number of anilines is 1. The molecule has 4 nitrogen and oxygen atoms in total. The third-order valence-corrected chi connectivity index (χ3v) is 1.99. The zero-order valence-electron chi connectivity index (χ0n) is 5.71. The van der Waals surface area contributed by atoms with Crippen molar-refractivity contribution < 1.29 is 0 Å². The van der Waals surface area contributed by atoms with Gasteiger partial charge in [0.1, 0.15) is 16.1 Å². The van der Waals surface area contributed by atoms with Gasteiger partial charge in [-0.15, -0.1) is 0 Å². The Bertz CT molecular complexity index is 288.